The van der Waals surface area contributed by atoms with Crippen LogP contribution < -0.4 is 14.8 Å². The second-order valence-corrected chi connectivity index (χ2v) is 8.82. The molecule has 34 heavy (non-hydrogen) atoms. The zero-order valence-corrected chi connectivity index (χ0v) is 19.6. The Labute approximate surface area is 199 Å². The summed E-state index contributed by atoms with van der Waals surface area (Å²) in [5, 5.41) is 5.98. The largest absolute Gasteiger partial charge is 0.490 e. The number of ether oxygens (including phenoxy) is 2. The van der Waals surface area contributed by atoms with E-state index in [4.69, 9.17) is 9.47 Å². The molecule has 1 atom stereocenters. The van der Waals surface area contributed by atoms with E-state index < -0.39 is 0 Å². The average molecular weight is 456 g/mol. The van der Waals surface area contributed by atoms with Gasteiger partial charge in [0.25, 0.3) is 0 Å². The number of allylic oxidation sites excluding steroid dienone is 1. The second-order valence-electron chi connectivity index (χ2n) is 8.82. The van der Waals surface area contributed by atoms with Crippen molar-refractivity contribution in [3.63, 3.8) is 0 Å². The third kappa shape index (κ3) is 3.96. The molecule has 0 aromatic heterocycles. The van der Waals surface area contributed by atoms with Gasteiger partial charge in [0.05, 0.1) is 12.6 Å². The molecular formula is C29H29NO4. The molecule has 0 bridgehead atoms. The molecule has 1 heterocycles. The van der Waals surface area contributed by atoms with Gasteiger partial charge in [-0.15, -0.1) is 0 Å². The number of carbonyl (C=O) groups is 2. The number of benzene rings is 3. The minimum Gasteiger partial charge on any atom is -0.490 e. The standard InChI is InChI=1S/C29H29NO4/c1-3-8-26(32)34-24-16-14-19(17-25(24)33-4-2)29-28-21(11-7-12-23(28)31)27-20-10-6-5-9-18(20)13-15-22(27)30-29/h5-6,9-10,13-17,29-30H,3-4,7-8,11-12H2,1-2H3/t29-/m0/s1. The van der Waals surface area contributed by atoms with Crippen LogP contribution in [0.1, 0.15) is 63.1 Å². The molecule has 1 aliphatic carbocycles. The topological polar surface area (TPSA) is 64.6 Å². The molecule has 0 fully saturated rings. The number of nitrogens with one attached hydrogen (secondary N) is 1. The highest BCUT2D eigenvalue weighted by atomic mass is 16.6. The lowest BCUT2D eigenvalue weighted by Crippen LogP contribution is -2.27. The number of anilines is 1. The summed E-state index contributed by atoms with van der Waals surface area (Å²) in [5.74, 6) is 0.838. The normalized spacial score (nSPS) is 17.1. The number of hydrogen-bond acceptors (Lipinski definition) is 5. The summed E-state index contributed by atoms with van der Waals surface area (Å²) in [6.45, 7) is 4.29. The molecule has 3 aromatic carbocycles. The number of esters is 1. The van der Waals surface area contributed by atoms with Crippen molar-refractivity contribution in [1.29, 1.82) is 0 Å². The van der Waals surface area contributed by atoms with Crippen molar-refractivity contribution in [1.82, 2.24) is 0 Å². The molecule has 0 saturated heterocycles. The van der Waals surface area contributed by atoms with E-state index in [1.54, 1.807) is 6.07 Å². The van der Waals surface area contributed by atoms with Gasteiger partial charge in [-0.25, -0.2) is 0 Å². The highest BCUT2D eigenvalue weighted by Crippen LogP contribution is 2.48. The Bertz CT molecular complexity index is 1310. The van der Waals surface area contributed by atoms with E-state index in [1.807, 2.05) is 38.1 Å². The molecule has 0 amide bonds. The van der Waals surface area contributed by atoms with Crippen LogP contribution in [0.25, 0.3) is 16.3 Å². The van der Waals surface area contributed by atoms with Gasteiger partial charge in [-0.1, -0.05) is 43.3 Å². The lowest BCUT2D eigenvalue weighted by Gasteiger charge is -2.35. The fourth-order valence-electron chi connectivity index (χ4n) is 5.09. The minimum atomic E-state index is -0.281. The van der Waals surface area contributed by atoms with Crippen molar-refractivity contribution in [3.8, 4) is 11.5 Å². The van der Waals surface area contributed by atoms with E-state index in [0.29, 0.717) is 30.9 Å². The van der Waals surface area contributed by atoms with E-state index in [9.17, 15) is 9.59 Å². The summed E-state index contributed by atoms with van der Waals surface area (Å²) in [7, 11) is 0. The first kappa shape index (κ1) is 22.2. The van der Waals surface area contributed by atoms with E-state index in [0.717, 1.165) is 47.2 Å². The maximum absolute atomic E-state index is 13.3. The van der Waals surface area contributed by atoms with Gasteiger partial charge in [0, 0.05) is 29.7 Å². The monoisotopic (exact) mass is 455 g/mol. The summed E-state index contributed by atoms with van der Waals surface area (Å²) < 4.78 is 11.4. The number of Topliss-reactive ketones (excluding diaryl/α,β-unsaturated/α-hetero) is 1. The molecule has 0 saturated carbocycles. The average Bonchev–Trinajstić information content (AvgIpc) is 2.84. The maximum atomic E-state index is 13.3. The van der Waals surface area contributed by atoms with Crippen LogP contribution in [0.2, 0.25) is 0 Å². The van der Waals surface area contributed by atoms with Gasteiger partial charge in [-0.05, 0) is 66.3 Å². The predicted molar refractivity (Wildman–Crippen MR) is 134 cm³/mol. The van der Waals surface area contributed by atoms with E-state index >= 15 is 0 Å². The summed E-state index contributed by atoms with van der Waals surface area (Å²) >= 11 is 0. The quantitative estimate of drug-likeness (QED) is 0.334. The van der Waals surface area contributed by atoms with E-state index in [1.165, 1.54) is 10.8 Å². The number of fused-ring (bicyclic) bond motifs is 4. The van der Waals surface area contributed by atoms with Gasteiger partial charge < -0.3 is 14.8 Å². The lowest BCUT2D eigenvalue weighted by molar-refractivity contribution is -0.134. The molecule has 3 aromatic rings. The first-order chi connectivity index (χ1) is 16.6. The Balaban J connectivity index is 1.61. The van der Waals surface area contributed by atoms with Crippen molar-refractivity contribution >= 4 is 33.8 Å². The fraction of sp³-hybridized carbons (Fsp3) is 0.310. The van der Waals surface area contributed by atoms with Crippen LogP contribution in [0.15, 0.2) is 60.2 Å². The lowest BCUT2D eigenvalue weighted by atomic mass is 9.77. The van der Waals surface area contributed by atoms with Gasteiger partial charge in [0.2, 0.25) is 0 Å². The van der Waals surface area contributed by atoms with Crippen molar-refractivity contribution in [2.24, 2.45) is 0 Å². The molecule has 5 heteroatoms. The van der Waals surface area contributed by atoms with Crippen LogP contribution >= 0.6 is 0 Å². The maximum Gasteiger partial charge on any atom is 0.311 e. The molecule has 2 aliphatic rings. The summed E-state index contributed by atoms with van der Waals surface area (Å²) in [6.07, 6.45) is 3.38. The van der Waals surface area contributed by atoms with Gasteiger partial charge in [0.15, 0.2) is 17.3 Å². The molecule has 0 radical (unpaired) electrons. The Morgan fingerprint density at radius 3 is 2.71 bits per heavy atom. The molecule has 5 rings (SSSR count). The SMILES string of the molecule is CCCC(=O)Oc1ccc([C@@H]2Nc3ccc4ccccc4c3C3=C2C(=O)CCC3)cc1OCC. The fourth-order valence-corrected chi connectivity index (χ4v) is 5.09. The zero-order valence-electron chi connectivity index (χ0n) is 19.6. The number of hydrogen-bond donors (Lipinski definition) is 1. The number of ketones is 1. The second kappa shape index (κ2) is 9.34. The summed E-state index contributed by atoms with van der Waals surface area (Å²) in [6, 6.07) is 17.9. The van der Waals surface area contributed by atoms with Gasteiger partial charge >= 0.3 is 5.97 Å². The van der Waals surface area contributed by atoms with Crippen molar-refractivity contribution in [2.75, 3.05) is 11.9 Å². The van der Waals surface area contributed by atoms with Crippen LogP contribution in [0, 0.1) is 0 Å². The molecule has 5 nitrogen and oxygen atoms in total. The number of carbonyl (C=O) groups excluding carboxylic acids is 2. The Hall–Kier alpha value is -3.60. The van der Waals surface area contributed by atoms with Crippen LogP contribution in [0.4, 0.5) is 5.69 Å². The Morgan fingerprint density at radius 1 is 1.03 bits per heavy atom. The highest BCUT2D eigenvalue weighted by Gasteiger charge is 2.35. The molecule has 0 spiro atoms. The molecular weight excluding hydrogens is 426 g/mol. The first-order valence-electron chi connectivity index (χ1n) is 12.1. The predicted octanol–water partition coefficient (Wildman–Crippen LogP) is 6.62. The minimum absolute atomic E-state index is 0.189. The Kier molecular flexibility index (Phi) is 6.10. The molecule has 174 valence electrons. The third-order valence-corrected chi connectivity index (χ3v) is 6.55. The van der Waals surface area contributed by atoms with Gasteiger partial charge in [0.1, 0.15) is 0 Å². The summed E-state index contributed by atoms with van der Waals surface area (Å²) in [4.78, 5) is 25.3. The van der Waals surface area contributed by atoms with Crippen LogP contribution in [0.3, 0.4) is 0 Å². The Morgan fingerprint density at radius 2 is 1.88 bits per heavy atom. The van der Waals surface area contributed by atoms with Crippen molar-refractivity contribution < 1.29 is 19.1 Å². The van der Waals surface area contributed by atoms with Crippen LogP contribution in [-0.2, 0) is 9.59 Å². The van der Waals surface area contributed by atoms with E-state index in [2.05, 4.69) is 29.6 Å². The van der Waals surface area contributed by atoms with E-state index in [-0.39, 0.29) is 17.8 Å². The van der Waals surface area contributed by atoms with Crippen molar-refractivity contribution in [3.05, 3.63) is 71.3 Å². The molecule has 1 aliphatic heterocycles. The van der Waals surface area contributed by atoms with Crippen molar-refractivity contribution in [2.45, 2.75) is 52.0 Å². The number of rotatable bonds is 6. The smallest absolute Gasteiger partial charge is 0.311 e. The van der Waals surface area contributed by atoms with Crippen LogP contribution in [0.5, 0.6) is 11.5 Å². The zero-order chi connectivity index (χ0) is 23.7. The summed E-state index contributed by atoms with van der Waals surface area (Å²) in [5.41, 5.74) is 5.08. The third-order valence-electron chi connectivity index (χ3n) is 6.55. The first-order valence-corrected chi connectivity index (χ1v) is 12.1. The van der Waals surface area contributed by atoms with Gasteiger partial charge in [-0.2, -0.15) is 0 Å². The highest BCUT2D eigenvalue weighted by molar-refractivity contribution is 6.12. The van der Waals surface area contributed by atoms with Crippen LogP contribution in [-0.4, -0.2) is 18.4 Å². The molecule has 1 N–H and O–H groups in total. The van der Waals surface area contributed by atoms with Gasteiger partial charge in [-0.3, -0.25) is 9.59 Å². The molecule has 0 unspecified atom stereocenters.